The lowest BCUT2D eigenvalue weighted by molar-refractivity contribution is 0.740. The first-order chi connectivity index (χ1) is 20.3. The summed E-state index contributed by atoms with van der Waals surface area (Å²) in [5, 5.41) is 7.38. The predicted octanol–water partition coefficient (Wildman–Crippen LogP) is 8.50. The molecule has 0 spiro atoms. The Hall–Kier alpha value is -5.48. The number of allylic oxidation sites excluding steroid dienone is 2. The zero-order valence-corrected chi connectivity index (χ0v) is 22.3. The number of aromatic nitrogens is 3. The van der Waals surface area contributed by atoms with Gasteiger partial charge in [-0.2, -0.15) is 0 Å². The molecule has 7 aromatic rings. The molecule has 0 radical (unpaired) electrons. The maximum atomic E-state index is 4.72. The van der Waals surface area contributed by atoms with Gasteiger partial charge in [0.2, 0.25) is 0 Å². The molecular weight excluding hydrogens is 500 g/mol. The van der Waals surface area contributed by atoms with Crippen molar-refractivity contribution in [3.8, 4) is 5.69 Å². The van der Waals surface area contributed by atoms with Crippen LogP contribution < -0.4 is 5.32 Å². The van der Waals surface area contributed by atoms with Crippen molar-refractivity contribution in [2.24, 2.45) is 0 Å². The van der Waals surface area contributed by atoms with Gasteiger partial charge in [0, 0.05) is 34.7 Å². The summed E-state index contributed by atoms with van der Waals surface area (Å²) in [6.07, 6.45) is 8.28. The van der Waals surface area contributed by atoms with E-state index in [1.165, 1.54) is 16.3 Å². The standard InChI is InChI=1S/C37H26N4/c1-2-14-29-25(10-1)11-8-16-30(29)33-23-27(24-34(40-33)32-17-5-6-20-38-32)26-12-7-13-28(22-26)41-35-18-4-3-15-31(35)37-36(41)19-9-21-39-37/h1-24,34,40H. The Bertz CT molecular complexity index is 2080. The summed E-state index contributed by atoms with van der Waals surface area (Å²) >= 11 is 0. The van der Waals surface area contributed by atoms with Crippen molar-refractivity contribution in [3.63, 3.8) is 0 Å². The van der Waals surface area contributed by atoms with Gasteiger partial charge in [-0.1, -0.05) is 78.9 Å². The van der Waals surface area contributed by atoms with E-state index in [1.54, 1.807) is 0 Å². The fourth-order valence-electron chi connectivity index (χ4n) is 6.03. The Morgan fingerprint density at radius 1 is 0.634 bits per heavy atom. The fourth-order valence-corrected chi connectivity index (χ4v) is 6.03. The summed E-state index contributed by atoms with van der Waals surface area (Å²) in [6, 6.07) is 42.5. The van der Waals surface area contributed by atoms with E-state index >= 15 is 0 Å². The Balaban J connectivity index is 1.31. The number of nitrogens with zero attached hydrogens (tertiary/aromatic N) is 3. The molecule has 0 aliphatic carbocycles. The molecule has 4 aromatic carbocycles. The van der Waals surface area contributed by atoms with E-state index in [0.717, 1.165) is 50.2 Å². The minimum atomic E-state index is -0.0636. The molecule has 0 saturated carbocycles. The Labute approximate surface area is 237 Å². The zero-order valence-electron chi connectivity index (χ0n) is 22.3. The van der Waals surface area contributed by atoms with Crippen molar-refractivity contribution in [1.82, 2.24) is 19.9 Å². The summed E-state index contributed by atoms with van der Waals surface area (Å²) in [4.78, 5) is 9.42. The number of rotatable bonds is 4. The van der Waals surface area contributed by atoms with Crippen LogP contribution in [0.2, 0.25) is 0 Å². The van der Waals surface area contributed by atoms with Gasteiger partial charge < -0.3 is 9.88 Å². The minimum absolute atomic E-state index is 0.0636. The van der Waals surface area contributed by atoms with Crippen LogP contribution in [0, 0.1) is 0 Å². The van der Waals surface area contributed by atoms with Gasteiger partial charge in [-0.05, 0) is 76.5 Å². The quantitative estimate of drug-likeness (QED) is 0.250. The van der Waals surface area contributed by atoms with Gasteiger partial charge in [0.15, 0.2) is 0 Å². The normalized spacial score (nSPS) is 15.1. The molecule has 0 amide bonds. The van der Waals surface area contributed by atoms with Gasteiger partial charge in [-0.3, -0.25) is 9.97 Å². The lowest BCUT2D eigenvalue weighted by Crippen LogP contribution is -2.22. The summed E-state index contributed by atoms with van der Waals surface area (Å²) in [5.41, 5.74) is 9.93. The Morgan fingerprint density at radius 2 is 1.41 bits per heavy atom. The number of benzene rings is 4. The molecule has 194 valence electrons. The largest absolute Gasteiger partial charge is 0.373 e. The van der Waals surface area contributed by atoms with E-state index < -0.39 is 0 Å². The molecule has 0 saturated heterocycles. The van der Waals surface area contributed by atoms with Crippen LogP contribution in [0.3, 0.4) is 0 Å². The van der Waals surface area contributed by atoms with Crippen LogP contribution in [0.4, 0.5) is 0 Å². The molecule has 3 aromatic heterocycles. The van der Waals surface area contributed by atoms with Crippen molar-refractivity contribution in [1.29, 1.82) is 0 Å². The lowest BCUT2D eigenvalue weighted by atomic mass is 9.93. The van der Waals surface area contributed by atoms with Crippen LogP contribution in [0.1, 0.15) is 22.9 Å². The smallest absolute Gasteiger partial charge is 0.0963 e. The third-order valence-corrected chi connectivity index (χ3v) is 7.91. The predicted molar refractivity (Wildman–Crippen MR) is 169 cm³/mol. The lowest BCUT2D eigenvalue weighted by Gasteiger charge is -2.26. The van der Waals surface area contributed by atoms with Gasteiger partial charge in [0.05, 0.1) is 28.3 Å². The van der Waals surface area contributed by atoms with Crippen molar-refractivity contribution in [2.45, 2.75) is 6.04 Å². The number of dihydropyridines is 1. The van der Waals surface area contributed by atoms with Crippen molar-refractivity contribution in [3.05, 3.63) is 163 Å². The monoisotopic (exact) mass is 526 g/mol. The molecule has 0 bridgehead atoms. The van der Waals surface area contributed by atoms with Crippen molar-refractivity contribution >= 4 is 44.0 Å². The summed E-state index contributed by atoms with van der Waals surface area (Å²) < 4.78 is 2.31. The molecule has 4 nitrogen and oxygen atoms in total. The molecule has 1 aliphatic heterocycles. The fraction of sp³-hybridized carbons (Fsp3) is 0.0270. The van der Waals surface area contributed by atoms with E-state index in [0.29, 0.717) is 0 Å². The van der Waals surface area contributed by atoms with Gasteiger partial charge in [-0.25, -0.2) is 0 Å². The zero-order chi connectivity index (χ0) is 27.2. The van der Waals surface area contributed by atoms with E-state index in [9.17, 15) is 0 Å². The van der Waals surface area contributed by atoms with Crippen LogP contribution >= 0.6 is 0 Å². The number of fused-ring (bicyclic) bond motifs is 4. The molecule has 1 unspecified atom stereocenters. The van der Waals surface area contributed by atoms with E-state index in [-0.39, 0.29) is 6.04 Å². The van der Waals surface area contributed by atoms with Crippen molar-refractivity contribution < 1.29 is 0 Å². The maximum absolute atomic E-state index is 4.72. The Kier molecular flexibility index (Phi) is 5.49. The first-order valence-electron chi connectivity index (χ1n) is 13.9. The second kappa shape index (κ2) is 9.61. The molecule has 4 heteroatoms. The van der Waals surface area contributed by atoms with Crippen LogP contribution in [-0.4, -0.2) is 14.5 Å². The SMILES string of the molecule is C1=C(c2cccc(-n3c4ccccc4c4ncccc43)c2)C=C(c2cccc3ccccc23)NC1c1ccccn1. The maximum Gasteiger partial charge on any atom is 0.0963 e. The summed E-state index contributed by atoms with van der Waals surface area (Å²) in [7, 11) is 0. The second-order valence-electron chi connectivity index (χ2n) is 10.4. The average molecular weight is 527 g/mol. The first-order valence-corrected chi connectivity index (χ1v) is 13.9. The van der Waals surface area contributed by atoms with Crippen LogP contribution in [0.15, 0.2) is 146 Å². The number of pyridine rings is 2. The highest BCUT2D eigenvalue weighted by Crippen LogP contribution is 2.36. The summed E-state index contributed by atoms with van der Waals surface area (Å²) in [5.74, 6) is 0. The molecule has 1 N–H and O–H groups in total. The number of hydrogen-bond acceptors (Lipinski definition) is 3. The highest BCUT2D eigenvalue weighted by atomic mass is 15.0. The number of para-hydroxylation sites is 1. The molecule has 4 heterocycles. The van der Waals surface area contributed by atoms with Crippen LogP contribution in [0.25, 0.3) is 49.7 Å². The molecule has 1 aliphatic rings. The van der Waals surface area contributed by atoms with Gasteiger partial charge in [-0.15, -0.1) is 0 Å². The highest BCUT2D eigenvalue weighted by Gasteiger charge is 2.21. The van der Waals surface area contributed by atoms with E-state index in [2.05, 4.69) is 125 Å². The minimum Gasteiger partial charge on any atom is -0.373 e. The summed E-state index contributed by atoms with van der Waals surface area (Å²) in [6.45, 7) is 0. The van der Waals surface area contributed by atoms with Gasteiger partial charge >= 0.3 is 0 Å². The third-order valence-electron chi connectivity index (χ3n) is 7.91. The number of hydrogen-bond donors (Lipinski definition) is 1. The van der Waals surface area contributed by atoms with Crippen LogP contribution in [0.5, 0.6) is 0 Å². The average Bonchev–Trinajstić information content (AvgIpc) is 3.39. The second-order valence-corrected chi connectivity index (χ2v) is 10.4. The van der Waals surface area contributed by atoms with Gasteiger partial charge in [0.1, 0.15) is 0 Å². The first kappa shape index (κ1) is 23.4. The molecule has 1 atom stereocenters. The van der Waals surface area contributed by atoms with E-state index in [4.69, 9.17) is 9.97 Å². The van der Waals surface area contributed by atoms with Crippen molar-refractivity contribution in [2.75, 3.05) is 0 Å². The highest BCUT2D eigenvalue weighted by molar-refractivity contribution is 6.07. The van der Waals surface area contributed by atoms with E-state index in [1.807, 2.05) is 30.6 Å². The number of nitrogens with one attached hydrogen (secondary N) is 1. The van der Waals surface area contributed by atoms with Crippen LogP contribution in [-0.2, 0) is 0 Å². The third kappa shape index (κ3) is 4.00. The Morgan fingerprint density at radius 3 is 2.34 bits per heavy atom. The molecule has 41 heavy (non-hydrogen) atoms. The molecular formula is C37H26N4. The topological polar surface area (TPSA) is 42.7 Å². The molecule has 0 fully saturated rings. The van der Waals surface area contributed by atoms with Gasteiger partial charge in [0.25, 0.3) is 0 Å². The molecule has 8 rings (SSSR count).